The molecule has 1 saturated heterocycles. The molecule has 0 aliphatic carbocycles. The molecule has 1 aliphatic heterocycles. The SMILES string of the molecule is COC(=O)C(N)C(C)CC[C@H]1O[C@@H](c2ccc(Cl)c(Cc3ncc(-c4ccco4)s3)c2)[C@H](O)[C@H](O)[C@@H]1O. The Kier molecular flexibility index (Phi) is 9.02. The summed E-state index contributed by atoms with van der Waals surface area (Å²) in [6.07, 6.45) is -1.14. The summed E-state index contributed by atoms with van der Waals surface area (Å²) in [5.74, 6) is -0.0175. The minimum Gasteiger partial charge on any atom is -0.468 e. The number of nitrogens with zero attached hydrogens (tertiary/aromatic N) is 1. The van der Waals surface area contributed by atoms with Crippen LogP contribution < -0.4 is 5.73 Å². The van der Waals surface area contributed by atoms with Crippen LogP contribution in [0.2, 0.25) is 5.02 Å². The fraction of sp³-hybridized carbons (Fsp3) is 0.462. The van der Waals surface area contributed by atoms with Crippen molar-refractivity contribution in [3.8, 4) is 10.6 Å². The predicted molar refractivity (Wildman–Crippen MR) is 138 cm³/mol. The number of halogens is 1. The fourth-order valence-electron chi connectivity index (χ4n) is 4.43. The summed E-state index contributed by atoms with van der Waals surface area (Å²) in [6.45, 7) is 1.81. The van der Waals surface area contributed by atoms with Gasteiger partial charge in [0.2, 0.25) is 0 Å². The molecule has 9 nitrogen and oxygen atoms in total. The lowest BCUT2D eigenvalue weighted by Crippen LogP contribution is -2.54. The molecule has 2 unspecified atom stereocenters. The molecule has 11 heteroatoms. The van der Waals surface area contributed by atoms with Crippen molar-refractivity contribution < 1.29 is 34.0 Å². The van der Waals surface area contributed by atoms with E-state index >= 15 is 0 Å². The largest absolute Gasteiger partial charge is 0.468 e. The van der Waals surface area contributed by atoms with Gasteiger partial charge in [0, 0.05) is 17.6 Å². The van der Waals surface area contributed by atoms with Crippen molar-refractivity contribution in [3.05, 3.63) is 63.9 Å². The Labute approximate surface area is 223 Å². The van der Waals surface area contributed by atoms with Crippen LogP contribution >= 0.6 is 22.9 Å². The van der Waals surface area contributed by atoms with Gasteiger partial charge in [-0.15, -0.1) is 11.3 Å². The minimum atomic E-state index is -1.41. The average Bonchev–Trinajstić information content (AvgIpc) is 3.59. The molecule has 1 fully saturated rings. The lowest BCUT2D eigenvalue weighted by atomic mass is 9.87. The zero-order valence-corrected chi connectivity index (χ0v) is 22.1. The van der Waals surface area contributed by atoms with Gasteiger partial charge < -0.3 is 34.9 Å². The zero-order valence-electron chi connectivity index (χ0n) is 20.5. The van der Waals surface area contributed by atoms with Gasteiger partial charge in [0.15, 0.2) is 0 Å². The number of thiazole rings is 1. The standard InChI is InChI=1S/C26H31ClN2O7S/c1-13(21(28)26(33)34-2)5-8-18-22(30)23(31)24(32)25(36-18)14-6-7-16(27)15(10-14)11-20-29-12-19(37-20)17-4-3-9-35-17/h3-4,6-7,9-10,12-13,18,21-25,30-32H,5,8,11,28H2,1-2H3/t13?,18-,21?,22-,23-,24-,25+/m1/s1. The smallest absolute Gasteiger partial charge is 0.322 e. The Morgan fingerprint density at radius 3 is 2.73 bits per heavy atom. The first-order chi connectivity index (χ1) is 17.7. The van der Waals surface area contributed by atoms with Gasteiger partial charge in [0.05, 0.1) is 29.4 Å². The van der Waals surface area contributed by atoms with E-state index in [0.717, 1.165) is 21.2 Å². The highest BCUT2D eigenvalue weighted by atomic mass is 35.5. The molecule has 200 valence electrons. The molecule has 5 N–H and O–H groups in total. The first-order valence-electron chi connectivity index (χ1n) is 12.0. The number of nitrogens with two attached hydrogens (primary N) is 1. The van der Waals surface area contributed by atoms with Gasteiger partial charge in [-0.05, 0) is 48.1 Å². The van der Waals surface area contributed by atoms with Gasteiger partial charge >= 0.3 is 5.97 Å². The van der Waals surface area contributed by atoms with Crippen LogP contribution in [-0.4, -0.2) is 63.8 Å². The Morgan fingerprint density at radius 1 is 1.24 bits per heavy atom. The molecular weight excluding hydrogens is 520 g/mol. The molecule has 1 aromatic carbocycles. The Balaban J connectivity index is 1.49. The second-order valence-electron chi connectivity index (χ2n) is 9.29. The summed E-state index contributed by atoms with van der Waals surface area (Å²) in [4.78, 5) is 17.1. The van der Waals surface area contributed by atoms with Crippen LogP contribution in [0.5, 0.6) is 0 Å². The lowest BCUT2D eigenvalue weighted by Gasteiger charge is -2.41. The first-order valence-corrected chi connectivity index (χ1v) is 13.2. The van der Waals surface area contributed by atoms with Crippen molar-refractivity contribution in [2.24, 2.45) is 11.7 Å². The van der Waals surface area contributed by atoms with E-state index in [4.69, 9.17) is 31.2 Å². The lowest BCUT2D eigenvalue weighted by molar-refractivity contribution is -0.226. The van der Waals surface area contributed by atoms with Crippen LogP contribution in [0.3, 0.4) is 0 Å². The normalized spacial score (nSPS) is 25.5. The van der Waals surface area contributed by atoms with Crippen LogP contribution in [0.1, 0.15) is 42.0 Å². The number of aliphatic hydroxyl groups excluding tert-OH is 3. The Bertz CT molecular complexity index is 1190. The highest BCUT2D eigenvalue weighted by Crippen LogP contribution is 2.37. The molecular formula is C26H31ClN2O7S. The van der Waals surface area contributed by atoms with Gasteiger partial charge in [0.1, 0.15) is 36.2 Å². The van der Waals surface area contributed by atoms with Gasteiger partial charge in [-0.1, -0.05) is 30.7 Å². The molecule has 2 aromatic heterocycles. The number of furan rings is 1. The highest BCUT2D eigenvalue weighted by molar-refractivity contribution is 7.15. The zero-order chi connectivity index (χ0) is 26.7. The highest BCUT2D eigenvalue weighted by Gasteiger charge is 2.44. The molecule has 0 radical (unpaired) electrons. The molecule has 0 amide bonds. The molecule has 37 heavy (non-hydrogen) atoms. The predicted octanol–water partition coefficient (Wildman–Crippen LogP) is 3.09. The van der Waals surface area contributed by atoms with Crippen molar-refractivity contribution in [2.75, 3.05) is 7.11 Å². The van der Waals surface area contributed by atoms with E-state index < -0.39 is 42.5 Å². The summed E-state index contributed by atoms with van der Waals surface area (Å²) in [6, 6.07) is 8.14. The summed E-state index contributed by atoms with van der Waals surface area (Å²) in [5.41, 5.74) is 7.32. The van der Waals surface area contributed by atoms with Crippen molar-refractivity contribution >= 4 is 28.9 Å². The van der Waals surface area contributed by atoms with Crippen LogP contribution in [0.25, 0.3) is 10.6 Å². The van der Waals surface area contributed by atoms with E-state index in [9.17, 15) is 20.1 Å². The molecule has 4 rings (SSSR count). The van der Waals surface area contributed by atoms with E-state index in [1.54, 1.807) is 31.5 Å². The molecule has 1 aliphatic rings. The van der Waals surface area contributed by atoms with Crippen LogP contribution in [0.4, 0.5) is 0 Å². The summed E-state index contributed by atoms with van der Waals surface area (Å²) >= 11 is 7.97. The molecule has 3 aromatic rings. The Morgan fingerprint density at radius 2 is 2.03 bits per heavy atom. The number of carbonyl (C=O) groups is 1. The maximum Gasteiger partial charge on any atom is 0.322 e. The molecule has 0 bridgehead atoms. The molecule has 0 spiro atoms. The second kappa shape index (κ2) is 12.0. The first kappa shape index (κ1) is 27.7. The number of aromatic nitrogens is 1. The summed E-state index contributed by atoms with van der Waals surface area (Å²) in [5, 5.41) is 33.2. The van der Waals surface area contributed by atoms with E-state index in [-0.39, 0.29) is 5.92 Å². The topological polar surface area (TPSA) is 148 Å². The van der Waals surface area contributed by atoms with E-state index in [0.29, 0.717) is 29.8 Å². The minimum absolute atomic E-state index is 0.239. The maximum atomic E-state index is 11.7. The third kappa shape index (κ3) is 6.23. The molecule has 3 heterocycles. The summed E-state index contributed by atoms with van der Waals surface area (Å²) < 4.78 is 16.2. The molecule has 0 saturated carbocycles. The van der Waals surface area contributed by atoms with Crippen molar-refractivity contribution in [1.82, 2.24) is 4.98 Å². The number of carbonyl (C=O) groups excluding carboxylic acids is 1. The number of hydrogen-bond donors (Lipinski definition) is 4. The van der Waals surface area contributed by atoms with Gasteiger partial charge in [-0.3, -0.25) is 4.79 Å². The fourth-order valence-corrected chi connectivity index (χ4v) is 5.53. The number of hydrogen-bond acceptors (Lipinski definition) is 10. The monoisotopic (exact) mass is 550 g/mol. The average molecular weight is 551 g/mol. The Hall–Kier alpha value is -2.31. The van der Waals surface area contributed by atoms with E-state index in [1.807, 2.05) is 18.2 Å². The number of rotatable bonds is 9. The van der Waals surface area contributed by atoms with Gasteiger partial charge in [-0.25, -0.2) is 4.98 Å². The second-order valence-corrected chi connectivity index (χ2v) is 10.8. The van der Waals surface area contributed by atoms with E-state index in [1.165, 1.54) is 18.4 Å². The number of benzene rings is 1. The van der Waals surface area contributed by atoms with Gasteiger partial charge in [-0.2, -0.15) is 0 Å². The van der Waals surface area contributed by atoms with Gasteiger partial charge in [0.25, 0.3) is 0 Å². The number of ether oxygens (including phenoxy) is 2. The summed E-state index contributed by atoms with van der Waals surface area (Å²) in [7, 11) is 1.28. The molecule has 7 atom stereocenters. The van der Waals surface area contributed by atoms with Crippen LogP contribution in [0.15, 0.2) is 47.2 Å². The quantitative estimate of drug-likeness (QED) is 0.295. The number of aliphatic hydroxyl groups is 3. The third-order valence-electron chi connectivity index (χ3n) is 6.76. The number of methoxy groups -OCH3 is 1. The number of esters is 1. The van der Waals surface area contributed by atoms with Crippen LogP contribution in [-0.2, 0) is 20.7 Å². The van der Waals surface area contributed by atoms with Crippen molar-refractivity contribution in [2.45, 2.75) is 62.7 Å². The van der Waals surface area contributed by atoms with Crippen molar-refractivity contribution in [3.63, 3.8) is 0 Å². The van der Waals surface area contributed by atoms with E-state index in [2.05, 4.69) is 4.98 Å². The maximum absolute atomic E-state index is 11.7. The third-order valence-corrected chi connectivity index (χ3v) is 8.14. The van der Waals surface area contributed by atoms with Crippen molar-refractivity contribution in [1.29, 1.82) is 0 Å². The van der Waals surface area contributed by atoms with Crippen LogP contribution in [0, 0.1) is 5.92 Å².